The van der Waals surface area contributed by atoms with Crippen molar-refractivity contribution in [1.82, 2.24) is 4.72 Å². The van der Waals surface area contributed by atoms with Crippen molar-refractivity contribution in [2.75, 3.05) is 6.61 Å². The number of halogens is 1. The van der Waals surface area contributed by atoms with Crippen LogP contribution in [0.25, 0.3) is 0 Å². The highest BCUT2D eigenvalue weighted by Gasteiger charge is 2.26. The van der Waals surface area contributed by atoms with Gasteiger partial charge in [-0.3, -0.25) is 4.79 Å². The lowest BCUT2D eigenvalue weighted by Gasteiger charge is -2.24. The van der Waals surface area contributed by atoms with Crippen molar-refractivity contribution in [3.63, 3.8) is 0 Å². The predicted octanol–water partition coefficient (Wildman–Crippen LogP) is 5.07. The fourth-order valence-corrected chi connectivity index (χ4v) is 3.85. The molecule has 0 radical (unpaired) electrons. The first kappa shape index (κ1) is 23.6. The maximum Gasteiger partial charge on any atom is 0.307 e. The van der Waals surface area contributed by atoms with E-state index < -0.39 is 21.8 Å². The van der Waals surface area contributed by atoms with E-state index in [2.05, 4.69) is 20.7 Å². The third kappa shape index (κ3) is 7.57. The zero-order valence-corrected chi connectivity index (χ0v) is 19.6. The van der Waals surface area contributed by atoms with Gasteiger partial charge >= 0.3 is 5.97 Å². The third-order valence-electron chi connectivity index (χ3n) is 4.08. The Bertz CT molecular complexity index is 836. The number of ether oxygens (including phenoxy) is 2. The second-order valence-corrected chi connectivity index (χ2v) is 10.4. The molecule has 158 valence electrons. The second-order valence-electron chi connectivity index (χ2n) is 7.52. The molecule has 0 aromatic heterocycles. The molecule has 0 fully saturated rings. The Kier molecular flexibility index (Phi) is 8.86. The summed E-state index contributed by atoms with van der Waals surface area (Å²) < 4.78 is 27.0. The molecule has 2 aromatic rings. The van der Waals surface area contributed by atoms with Crippen LogP contribution in [0, 0.1) is 0 Å². The van der Waals surface area contributed by atoms with Crippen molar-refractivity contribution in [2.45, 2.75) is 51.5 Å². The first-order valence-electron chi connectivity index (χ1n) is 9.50. The molecule has 2 atom stereocenters. The number of rotatable bonds is 9. The summed E-state index contributed by atoms with van der Waals surface area (Å²) in [5, 5.41) is 0. The lowest BCUT2D eigenvalue weighted by atomic mass is 10.0. The van der Waals surface area contributed by atoms with Gasteiger partial charge < -0.3 is 9.47 Å². The van der Waals surface area contributed by atoms with Crippen LogP contribution in [0.5, 0.6) is 5.75 Å². The molecule has 2 rings (SSSR count). The van der Waals surface area contributed by atoms with Gasteiger partial charge in [0.1, 0.15) is 12.4 Å². The standard InChI is InChI=1S/C22H28BrNO4S/c1-5-27-21(25)14-19(24-29(26)22(2,3)4)17-11-12-20(18(23)13-17)28-15-16-9-7-6-8-10-16/h6-13,19,24H,5,14-15H2,1-4H3/t19-,29+/m0/s1. The molecule has 0 saturated carbocycles. The van der Waals surface area contributed by atoms with Gasteiger partial charge in [0.25, 0.3) is 0 Å². The number of carbonyl (C=O) groups excluding carboxylic acids is 1. The Balaban J connectivity index is 2.17. The van der Waals surface area contributed by atoms with Crippen molar-refractivity contribution < 1.29 is 18.5 Å². The Hall–Kier alpha value is -1.70. The van der Waals surface area contributed by atoms with Gasteiger partial charge in [-0.1, -0.05) is 36.4 Å². The predicted molar refractivity (Wildman–Crippen MR) is 120 cm³/mol. The second kappa shape index (κ2) is 10.9. The quantitative estimate of drug-likeness (QED) is 0.507. The summed E-state index contributed by atoms with van der Waals surface area (Å²) in [5.74, 6) is 0.362. The highest BCUT2D eigenvalue weighted by molar-refractivity contribution is 9.10. The van der Waals surface area contributed by atoms with Crippen molar-refractivity contribution in [2.24, 2.45) is 0 Å². The first-order valence-corrected chi connectivity index (χ1v) is 11.4. The van der Waals surface area contributed by atoms with E-state index in [1.807, 2.05) is 69.3 Å². The highest BCUT2D eigenvalue weighted by atomic mass is 79.9. The average molecular weight is 482 g/mol. The minimum absolute atomic E-state index is 0.0896. The molecule has 0 amide bonds. The van der Waals surface area contributed by atoms with Gasteiger partial charge in [-0.25, -0.2) is 8.93 Å². The van der Waals surface area contributed by atoms with Crippen LogP contribution in [0.3, 0.4) is 0 Å². The van der Waals surface area contributed by atoms with E-state index in [9.17, 15) is 9.00 Å². The van der Waals surface area contributed by atoms with E-state index in [-0.39, 0.29) is 12.4 Å². The molecule has 0 spiro atoms. The third-order valence-corrected chi connectivity index (χ3v) is 6.31. The first-order chi connectivity index (χ1) is 13.7. The zero-order valence-electron chi connectivity index (χ0n) is 17.2. The molecule has 2 aromatic carbocycles. The van der Waals surface area contributed by atoms with Gasteiger partial charge in [-0.05, 0) is 66.9 Å². The summed E-state index contributed by atoms with van der Waals surface area (Å²) in [6.07, 6.45) is 0.0896. The van der Waals surface area contributed by atoms with E-state index in [1.165, 1.54) is 0 Å². The maximum absolute atomic E-state index is 12.6. The molecule has 5 nitrogen and oxygen atoms in total. The molecule has 29 heavy (non-hydrogen) atoms. The van der Waals surface area contributed by atoms with Gasteiger partial charge in [0.05, 0.1) is 39.3 Å². The fraction of sp³-hybridized carbons (Fsp3) is 0.409. The van der Waals surface area contributed by atoms with Crippen LogP contribution < -0.4 is 9.46 Å². The van der Waals surface area contributed by atoms with Gasteiger partial charge in [-0.15, -0.1) is 0 Å². The Morgan fingerprint density at radius 3 is 2.45 bits per heavy atom. The van der Waals surface area contributed by atoms with E-state index in [0.29, 0.717) is 19.0 Å². The molecule has 0 unspecified atom stereocenters. The summed E-state index contributed by atoms with van der Waals surface area (Å²) >= 11 is 3.55. The molecule has 1 N–H and O–H groups in total. The lowest BCUT2D eigenvalue weighted by molar-refractivity contribution is -0.143. The van der Waals surface area contributed by atoms with Crippen LogP contribution in [-0.4, -0.2) is 21.5 Å². The van der Waals surface area contributed by atoms with E-state index in [4.69, 9.17) is 9.47 Å². The van der Waals surface area contributed by atoms with Crippen LogP contribution in [0.1, 0.15) is 51.3 Å². The van der Waals surface area contributed by atoms with Crippen LogP contribution in [0.4, 0.5) is 0 Å². The lowest BCUT2D eigenvalue weighted by Crippen LogP contribution is -2.36. The van der Waals surface area contributed by atoms with Gasteiger partial charge in [0.2, 0.25) is 0 Å². The van der Waals surface area contributed by atoms with Crippen molar-refractivity contribution in [3.05, 3.63) is 64.1 Å². The van der Waals surface area contributed by atoms with Crippen LogP contribution >= 0.6 is 15.9 Å². The number of carbonyl (C=O) groups is 1. The Morgan fingerprint density at radius 1 is 1.17 bits per heavy atom. The molecular formula is C22H28BrNO4S. The molecule has 0 aliphatic rings. The van der Waals surface area contributed by atoms with Crippen molar-refractivity contribution >= 4 is 32.9 Å². The van der Waals surface area contributed by atoms with E-state index in [0.717, 1.165) is 15.6 Å². The summed E-state index contributed by atoms with van der Waals surface area (Å²) in [4.78, 5) is 12.1. The number of nitrogens with one attached hydrogen (secondary N) is 1. The number of esters is 1. The maximum atomic E-state index is 12.6. The molecule has 7 heteroatoms. The largest absolute Gasteiger partial charge is 0.488 e. The van der Waals surface area contributed by atoms with Crippen molar-refractivity contribution in [3.8, 4) is 5.75 Å². The number of hydrogen-bond donors (Lipinski definition) is 1. The van der Waals surface area contributed by atoms with Crippen LogP contribution in [0.2, 0.25) is 0 Å². The van der Waals surface area contributed by atoms with Gasteiger partial charge in [-0.2, -0.15) is 0 Å². The minimum Gasteiger partial charge on any atom is -0.488 e. The molecule has 0 aliphatic heterocycles. The summed E-state index contributed by atoms with van der Waals surface area (Å²) in [6, 6.07) is 15.1. The normalized spacial score (nSPS) is 13.6. The van der Waals surface area contributed by atoms with E-state index in [1.54, 1.807) is 6.92 Å². The van der Waals surface area contributed by atoms with Gasteiger partial charge in [0, 0.05) is 0 Å². The Morgan fingerprint density at radius 2 is 1.86 bits per heavy atom. The highest BCUT2D eigenvalue weighted by Crippen LogP contribution is 2.31. The smallest absolute Gasteiger partial charge is 0.307 e. The Labute approximate surface area is 183 Å². The number of benzene rings is 2. The monoisotopic (exact) mass is 481 g/mol. The molecule has 0 bridgehead atoms. The molecule has 0 heterocycles. The van der Waals surface area contributed by atoms with Gasteiger partial charge in [0.15, 0.2) is 0 Å². The average Bonchev–Trinajstić information content (AvgIpc) is 2.66. The number of hydrogen-bond acceptors (Lipinski definition) is 4. The molecule has 0 aliphatic carbocycles. The SMILES string of the molecule is CCOC(=O)C[C@H](N[S@](=O)C(C)(C)C)c1ccc(OCc2ccccc2)c(Br)c1. The summed E-state index contributed by atoms with van der Waals surface area (Å²) in [6.45, 7) is 8.18. The van der Waals surface area contributed by atoms with Crippen molar-refractivity contribution in [1.29, 1.82) is 0 Å². The minimum atomic E-state index is -1.33. The summed E-state index contributed by atoms with van der Waals surface area (Å²) in [5.41, 5.74) is 1.90. The molecule has 0 saturated heterocycles. The van der Waals surface area contributed by atoms with Crippen LogP contribution in [0.15, 0.2) is 53.0 Å². The fourth-order valence-electron chi connectivity index (χ4n) is 2.51. The molecular weight excluding hydrogens is 454 g/mol. The van der Waals surface area contributed by atoms with Crippen LogP contribution in [-0.2, 0) is 27.1 Å². The topological polar surface area (TPSA) is 64.6 Å². The van der Waals surface area contributed by atoms with E-state index >= 15 is 0 Å². The summed E-state index contributed by atoms with van der Waals surface area (Å²) in [7, 11) is -1.33. The zero-order chi connectivity index (χ0) is 21.4.